The fourth-order valence-electron chi connectivity index (χ4n) is 3.73. The van der Waals surface area contributed by atoms with E-state index in [2.05, 4.69) is 5.10 Å². The Hall–Kier alpha value is -4.13. The third-order valence-electron chi connectivity index (χ3n) is 5.45. The van der Waals surface area contributed by atoms with Crippen LogP contribution in [0.4, 0.5) is 0 Å². The average molecular weight is 444 g/mol. The highest BCUT2D eigenvalue weighted by Gasteiger charge is 2.33. The van der Waals surface area contributed by atoms with E-state index in [9.17, 15) is 9.59 Å². The van der Waals surface area contributed by atoms with Gasteiger partial charge in [0.1, 0.15) is 17.2 Å². The molecule has 168 valence electrons. The molecule has 33 heavy (non-hydrogen) atoms. The van der Waals surface area contributed by atoms with E-state index in [0.29, 0.717) is 34.8 Å². The summed E-state index contributed by atoms with van der Waals surface area (Å²) in [5, 5.41) is 6.05. The molecular formula is C26H24N2O5. The molecule has 1 aliphatic heterocycles. The zero-order chi connectivity index (χ0) is 23.4. The van der Waals surface area contributed by atoms with E-state index >= 15 is 0 Å². The van der Waals surface area contributed by atoms with Gasteiger partial charge in [-0.25, -0.2) is 9.80 Å². The van der Waals surface area contributed by atoms with Gasteiger partial charge >= 0.3 is 5.97 Å². The van der Waals surface area contributed by atoms with Crippen LogP contribution < -0.4 is 14.2 Å². The molecule has 0 N–H and O–H groups in total. The lowest BCUT2D eigenvalue weighted by molar-refractivity contribution is -0.130. The average Bonchev–Trinajstić information content (AvgIpc) is 3.30. The number of ether oxygens (including phenoxy) is 3. The molecule has 1 aliphatic rings. The molecule has 1 heterocycles. The Balaban J connectivity index is 1.67. The molecule has 4 rings (SSSR count). The van der Waals surface area contributed by atoms with Crippen LogP contribution in [0.2, 0.25) is 0 Å². The maximum atomic E-state index is 12.7. The molecule has 0 spiro atoms. The number of methoxy groups -OCH3 is 2. The highest BCUT2D eigenvalue weighted by Crippen LogP contribution is 2.37. The number of amides is 1. The van der Waals surface area contributed by atoms with Crippen LogP contribution >= 0.6 is 0 Å². The highest BCUT2D eigenvalue weighted by molar-refractivity contribution is 6.06. The van der Waals surface area contributed by atoms with Crippen LogP contribution in [-0.4, -0.2) is 36.8 Å². The lowest BCUT2D eigenvalue weighted by Crippen LogP contribution is -2.24. The molecule has 0 unspecified atom stereocenters. The van der Waals surface area contributed by atoms with Gasteiger partial charge in [-0.15, -0.1) is 0 Å². The number of carbonyl (C=O) groups is 2. The van der Waals surface area contributed by atoms with Gasteiger partial charge in [-0.2, -0.15) is 5.10 Å². The molecule has 7 heteroatoms. The van der Waals surface area contributed by atoms with Crippen molar-refractivity contribution < 1.29 is 23.8 Å². The first kappa shape index (κ1) is 22.1. The third-order valence-corrected chi connectivity index (χ3v) is 5.45. The van der Waals surface area contributed by atoms with Gasteiger partial charge < -0.3 is 14.2 Å². The Morgan fingerprint density at radius 1 is 0.909 bits per heavy atom. The molecule has 3 aromatic carbocycles. The molecule has 0 saturated heterocycles. The van der Waals surface area contributed by atoms with Gasteiger partial charge in [0, 0.05) is 25.0 Å². The Bertz CT molecular complexity index is 1190. The fraction of sp³-hybridized carbons (Fsp3) is 0.192. The molecule has 0 saturated carbocycles. The second kappa shape index (κ2) is 9.56. The van der Waals surface area contributed by atoms with Crippen molar-refractivity contribution >= 4 is 17.6 Å². The van der Waals surface area contributed by atoms with Gasteiger partial charge in [-0.1, -0.05) is 30.3 Å². The normalized spacial score (nSPS) is 15.1. The predicted octanol–water partition coefficient (Wildman–Crippen LogP) is 4.62. The first-order valence-corrected chi connectivity index (χ1v) is 10.5. The van der Waals surface area contributed by atoms with E-state index in [-0.39, 0.29) is 11.9 Å². The Morgan fingerprint density at radius 3 is 2.21 bits per heavy atom. The predicted molar refractivity (Wildman–Crippen MR) is 124 cm³/mol. The quantitative estimate of drug-likeness (QED) is 0.410. The molecule has 3 aromatic rings. The summed E-state index contributed by atoms with van der Waals surface area (Å²) >= 11 is 0. The lowest BCUT2D eigenvalue weighted by Gasteiger charge is -2.20. The number of benzene rings is 3. The van der Waals surface area contributed by atoms with Crippen molar-refractivity contribution in [3.8, 4) is 17.2 Å². The van der Waals surface area contributed by atoms with Crippen molar-refractivity contribution in [1.29, 1.82) is 0 Å². The maximum absolute atomic E-state index is 12.7. The molecule has 0 fully saturated rings. The third kappa shape index (κ3) is 4.72. The highest BCUT2D eigenvalue weighted by atomic mass is 16.5. The van der Waals surface area contributed by atoms with Crippen molar-refractivity contribution in [2.75, 3.05) is 14.2 Å². The lowest BCUT2D eigenvalue weighted by atomic mass is 9.97. The topological polar surface area (TPSA) is 77.4 Å². The van der Waals surface area contributed by atoms with Crippen molar-refractivity contribution in [1.82, 2.24) is 5.01 Å². The van der Waals surface area contributed by atoms with Gasteiger partial charge in [0.15, 0.2) is 0 Å². The van der Waals surface area contributed by atoms with Gasteiger partial charge in [-0.05, 0) is 42.0 Å². The van der Waals surface area contributed by atoms with E-state index < -0.39 is 5.97 Å². The summed E-state index contributed by atoms with van der Waals surface area (Å²) in [6, 6.07) is 21.2. The molecule has 0 aromatic heterocycles. The van der Waals surface area contributed by atoms with Crippen molar-refractivity contribution in [2.45, 2.75) is 19.4 Å². The molecule has 0 bridgehead atoms. The standard InChI is InChI=1S/C26H24N2O5/c1-17(29)28-24(18-9-11-20(31-2)12-10-18)16-23(27-28)22-14-13-21(32-3)15-25(22)33-26(30)19-7-5-4-6-8-19/h4-15,24H,16H2,1-3H3/t24-/m0/s1. The minimum atomic E-state index is -0.487. The zero-order valence-corrected chi connectivity index (χ0v) is 18.6. The number of esters is 1. The van der Waals surface area contributed by atoms with E-state index in [1.54, 1.807) is 56.7 Å². The molecule has 0 aliphatic carbocycles. The molecule has 1 amide bonds. The number of hydrazone groups is 1. The van der Waals surface area contributed by atoms with E-state index in [0.717, 1.165) is 11.3 Å². The summed E-state index contributed by atoms with van der Waals surface area (Å²) in [5.41, 5.74) is 2.63. The molecule has 1 atom stereocenters. The zero-order valence-electron chi connectivity index (χ0n) is 18.6. The van der Waals surface area contributed by atoms with E-state index in [1.165, 1.54) is 11.9 Å². The van der Waals surface area contributed by atoms with Gasteiger partial charge in [0.2, 0.25) is 5.91 Å². The van der Waals surface area contributed by atoms with Crippen LogP contribution in [-0.2, 0) is 4.79 Å². The first-order chi connectivity index (χ1) is 16.0. The number of carbonyl (C=O) groups excluding carboxylic acids is 2. The van der Waals surface area contributed by atoms with Gasteiger partial charge in [0.05, 0.1) is 31.5 Å². The van der Waals surface area contributed by atoms with Crippen molar-refractivity contribution in [3.63, 3.8) is 0 Å². The van der Waals surface area contributed by atoms with Crippen molar-refractivity contribution in [2.24, 2.45) is 5.10 Å². The van der Waals surface area contributed by atoms with Crippen LogP contribution in [0.15, 0.2) is 77.9 Å². The van der Waals surface area contributed by atoms with Gasteiger partial charge in [-0.3, -0.25) is 4.79 Å². The van der Waals surface area contributed by atoms with Crippen molar-refractivity contribution in [3.05, 3.63) is 89.5 Å². The minimum absolute atomic E-state index is 0.179. The maximum Gasteiger partial charge on any atom is 0.343 e. The largest absolute Gasteiger partial charge is 0.497 e. The van der Waals surface area contributed by atoms with Crippen LogP contribution in [0, 0.1) is 0 Å². The summed E-state index contributed by atoms with van der Waals surface area (Å²) in [4.78, 5) is 25.1. The summed E-state index contributed by atoms with van der Waals surface area (Å²) in [7, 11) is 3.15. The molecule has 0 radical (unpaired) electrons. The van der Waals surface area contributed by atoms with Crippen LogP contribution in [0.5, 0.6) is 17.2 Å². The summed E-state index contributed by atoms with van der Waals surface area (Å²) < 4.78 is 16.3. The smallest absolute Gasteiger partial charge is 0.343 e. The van der Waals surface area contributed by atoms with Gasteiger partial charge in [0.25, 0.3) is 0 Å². The Morgan fingerprint density at radius 2 is 1.58 bits per heavy atom. The number of hydrogen-bond donors (Lipinski definition) is 0. The molecule has 7 nitrogen and oxygen atoms in total. The monoisotopic (exact) mass is 444 g/mol. The Labute approximate surface area is 192 Å². The number of rotatable bonds is 6. The van der Waals surface area contributed by atoms with E-state index in [4.69, 9.17) is 14.2 Å². The van der Waals surface area contributed by atoms with Crippen LogP contribution in [0.3, 0.4) is 0 Å². The first-order valence-electron chi connectivity index (χ1n) is 10.5. The Kier molecular flexibility index (Phi) is 6.40. The van der Waals surface area contributed by atoms with E-state index in [1.807, 2.05) is 30.3 Å². The minimum Gasteiger partial charge on any atom is -0.497 e. The summed E-state index contributed by atoms with van der Waals surface area (Å²) in [6.45, 7) is 1.48. The fourth-order valence-corrected chi connectivity index (χ4v) is 3.73. The van der Waals surface area contributed by atoms with Crippen LogP contribution in [0.25, 0.3) is 0 Å². The number of nitrogens with zero attached hydrogens (tertiary/aromatic N) is 2. The van der Waals surface area contributed by atoms with Crippen LogP contribution in [0.1, 0.15) is 40.9 Å². The molecular weight excluding hydrogens is 420 g/mol. The summed E-state index contributed by atoms with van der Waals surface area (Å²) in [5.74, 6) is 0.933. The SMILES string of the molecule is COc1ccc([C@@H]2CC(c3ccc(OC)cc3OC(=O)c3ccccc3)=NN2C(C)=O)cc1. The summed E-state index contributed by atoms with van der Waals surface area (Å²) in [6.07, 6.45) is 0.466. The number of hydrogen-bond acceptors (Lipinski definition) is 6. The second-order valence-electron chi connectivity index (χ2n) is 7.52. The second-order valence-corrected chi connectivity index (χ2v) is 7.52.